The SMILES string of the molecule is c1ccc(Nc2ccc(-c3cccc4oc5cc(N(c6ccccc6)c6ccccc6)ccc5c34)cc2)cc1. The first-order valence-electron chi connectivity index (χ1n) is 13.1. The van der Waals surface area contributed by atoms with Crippen LogP contribution in [0.4, 0.5) is 28.4 Å². The number of nitrogens with zero attached hydrogens (tertiary/aromatic N) is 1. The van der Waals surface area contributed by atoms with Crippen LogP contribution < -0.4 is 10.2 Å². The number of para-hydroxylation sites is 3. The smallest absolute Gasteiger partial charge is 0.137 e. The first kappa shape index (κ1) is 22.9. The Morgan fingerprint density at radius 2 is 1.08 bits per heavy atom. The standard InChI is InChI=1S/C36H26N2O/c1-4-11-27(12-5-1)37-28-21-19-26(20-22-28)32-17-10-18-34-36(32)33-24-23-31(25-35(33)39-34)38(29-13-6-2-7-14-29)30-15-8-3-9-16-30/h1-25,37H. The Kier molecular flexibility index (Phi) is 5.80. The summed E-state index contributed by atoms with van der Waals surface area (Å²) in [6, 6.07) is 52.5. The van der Waals surface area contributed by atoms with E-state index in [1.165, 1.54) is 0 Å². The van der Waals surface area contributed by atoms with E-state index in [-0.39, 0.29) is 0 Å². The van der Waals surface area contributed by atoms with Crippen LogP contribution in [0.2, 0.25) is 0 Å². The zero-order chi connectivity index (χ0) is 26.0. The Bertz CT molecular complexity index is 1820. The highest BCUT2D eigenvalue weighted by atomic mass is 16.3. The average Bonchev–Trinajstić information content (AvgIpc) is 3.38. The fourth-order valence-electron chi connectivity index (χ4n) is 5.22. The zero-order valence-electron chi connectivity index (χ0n) is 21.3. The van der Waals surface area contributed by atoms with Crippen molar-refractivity contribution in [3.05, 3.63) is 152 Å². The van der Waals surface area contributed by atoms with Crippen LogP contribution in [0, 0.1) is 0 Å². The third-order valence-corrected chi connectivity index (χ3v) is 7.03. The van der Waals surface area contributed by atoms with Crippen molar-refractivity contribution in [3.8, 4) is 11.1 Å². The van der Waals surface area contributed by atoms with Crippen molar-refractivity contribution >= 4 is 50.4 Å². The third kappa shape index (κ3) is 4.41. The van der Waals surface area contributed by atoms with Crippen LogP contribution in [-0.4, -0.2) is 0 Å². The van der Waals surface area contributed by atoms with Crippen molar-refractivity contribution < 1.29 is 4.42 Å². The van der Waals surface area contributed by atoms with Crippen molar-refractivity contribution in [1.82, 2.24) is 0 Å². The Hall–Kier alpha value is -5.28. The Labute approximate surface area is 227 Å². The maximum atomic E-state index is 6.44. The van der Waals surface area contributed by atoms with Gasteiger partial charge in [0.1, 0.15) is 11.2 Å². The lowest BCUT2D eigenvalue weighted by Gasteiger charge is -2.25. The lowest BCUT2D eigenvalue weighted by atomic mass is 9.99. The minimum atomic E-state index is 0.870. The molecular formula is C36H26N2O. The summed E-state index contributed by atoms with van der Waals surface area (Å²) < 4.78 is 6.44. The molecule has 0 aliphatic rings. The fourth-order valence-corrected chi connectivity index (χ4v) is 5.22. The Morgan fingerprint density at radius 3 is 1.74 bits per heavy atom. The molecule has 0 unspecified atom stereocenters. The van der Waals surface area contributed by atoms with Crippen LogP contribution in [0.25, 0.3) is 33.1 Å². The monoisotopic (exact) mass is 502 g/mol. The molecule has 1 heterocycles. The summed E-state index contributed by atoms with van der Waals surface area (Å²) in [5.74, 6) is 0. The van der Waals surface area contributed by atoms with Gasteiger partial charge in [-0.1, -0.05) is 78.9 Å². The second-order valence-corrected chi connectivity index (χ2v) is 9.54. The van der Waals surface area contributed by atoms with Gasteiger partial charge in [0.25, 0.3) is 0 Å². The summed E-state index contributed by atoms with van der Waals surface area (Å²) in [5, 5.41) is 5.71. The molecular weight excluding hydrogens is 476 g/mol. The lowest BCUT2D eigenvalue weighted by molar-refractivity contribution is 0.669. The number of furan rings is 1. The van der Waals surface area contributed by atoms with Crippen LogP contribution >= 0.6 is 0 Å². The van der Waals surface area contributed by atoms with Crippen molar-refractivity contribution in [2.45, 2.75) is 0 Å². The highest BCUT2D eigenvalue weighted by Crippen LogP contribution is 2.41. The first-order chi connectivity index (χ1) is 19.3. The average molecular weight is 503 g/mol. The van der Waals surface area contributed by atoms with Crippen molar-refractivity contribution in [1.29, 1.82) is 0 Å². The lowest BCUT2D eigenvalue weighted by Crippen LogP contribution is -2.09. The maximum absolute atomic E-state index is 6.44. The van der Waals surface area contributed by atoms with Gasteiger partial charge in [0.2, 0.25) is 0 Å². The number of hydrogen-bond donors (Lipinski definition) is 1. The second kappa shape index (κ2) is 9.88. The minimum absolute atomic E-state index is 0.870. The summed E-state index contributed by atoms with van der Waals surface area (Å²) in [7, 11) is 0. The fraction of sp³-hybridized carbons (Fsp3) is 0. The van der Waals surface area contributed by atoms with E-state index in [1.807, 2.05) is 30.3 Å². The van der Waals surface area contributed by atoms with Gasteiger partial charge in [-0.3, -0.25) is 0 Å². The molecule has 0 atom stereocenters. The molecule has 0 amide bonds. The molecule has 39 heavy (non-hydrogen) atoms. The summed E-state index contributed by atoms with van der Waals surface area (Å²) >= 11 is 0. The number of fused-ring (bicyclic) bond motifs is 3. The molecule has 7 rings (SSSR count). The molecule has 7 aromatic rings. The van der Waals surface area contributed by atoms with Gasteiger partial charge in [-0.15, -0.1) is 0 Å². The maximum Gasteiger partial charge on any atom is 0.137 e. The Morgan fingerprint density at radius 1 is 0.462 bits per heavy atom. The van der Waals surface area contributed by atoms with Crippen LogP contribution in [-0.2, 0) is 0 Å². The molecule has 3 heteroatoms. The zero-order valence-corrected chi connectivity index (χ0v) is 21.3. The predicted octanol–water partition coefficient (Wildman–Crippen LogP) is 10.5. The van der Waals surface area contributed by atoms with Crippen LogP contribution in [0.1, 0.15) is 0 Å². The summed E-state index contributed by atoms with van der Waals surface area (Å²) in [4.78, 5) is 2.26. The van der Waals surface area contributed by atoms with E-state index < -0.39 is 0 Å². The summed E-state index contributed by atoms with van der Waals surface area (Å²) in [6.07, 6.45) is 0. The molecule has 1 N–H and O–H groups in total. The Balaban J connectivity index is 1.30. The van der Waals surface area contributed by atoms with Gasteiger partial charge in [-0.05, 0) is 77.9 Å². The number of hydrogen-bond acceptors (Lipinski definition) is 3. The largest absolute Gasteiger partial charge is 0.456 e. The molecule has 0 radical (unpaired) electrons. The molecule has 1 aromatic heterocycles. The van der Waals surface area contributed by atoms with Crippen LogP contribution in [0.3, 0.4) is 0 Å². The molecule has 6 aromatic carbocycles. The van der Waals surface area contributed by atoms with Gasteiger partial charge in [0.05, 0.1) is 0 Å². The number of rotatable bonds is 6. The molecule has 0 bridgehead atoms. The van der Waals surface area contributed by atoms with E-state index in [0.717, 1.165) is 61.5 Å². The van der Waals surface area contributed by atoms with Gasteiger partial charge >= 0.3 is 0 Å². The minimum Gasteiger partial charge on any atom is -0.456 e. The molecule has 0 spiro atoms. The molecule has 0 aliphatic heterocycles. The highest BCUT2D eigenvalue weighted by Gasteiger charge is 2.17. The van der Waals surface area contributed by atoms with Crippen LogP contribution in [0.5, 0.6) is 0 Å². The van der Waals surface area contributed by atoms with E-state index in [4.69, 9.17) is 4.42 Å². The van der Waals surface area contributed by atoms with Gasteiger partial charge in [-0.2, -0.15) is 0 Å². The highest BCUT2D eigenvalue weighted by molar-refractivity contribution is 6.13. The van der Waals surface area contributed by atoms with Crippen molar-refractivity contribution in [2.24, 2.45) is 0 Å². The van der Waals surface area contributed by atoms with Crippen molar-refractivity contribution in [2.75, 3.05) is 10.2 Å². The molecule has 186 valence electrons. The van der Waals surface area contributed by atoms with Gasteiger partial charge in [0.15, 0.2) is 0 Å². The third-order valence-electron chi connectivity index (χ3n) is 7.03. The first-order valence-corrected chi connectivity index (χ1v) is 13.1. The topological polar surface area (TPSA) is 28.4 Å². The molecule has 0 aliphatic carbocycles. The van der Waals surface area contributed by atoms with E-state index in [0.29, 0.717) is 0 Å². The summed E-state index contributed by atoms with van der Waals surface area (Å²) in [5.41, 5.74) is 9.45. The molecule has 0 saturated heterocycles. The van der Waals surface area contributed by atoms with Crippen molar-refractivity contribution in [3.63, 3.8) is 0 Å². The van der Waals surface area contributed by atoms with Gasteiger partial charge < -0.3 is 14.6 Å². The van der Waals surface area contributed by atoms with E-state index in [2.05, 4.69) is 132 Å². The molecule has 0 saturated carbocycles. The number of anilines is 5. The van der Waals surface area contributed by atoms with Crippen LogP contribution in [0.15, 0.2) is 156 Å². The summed E-state index contributed by atoms with van der Waals surface area (Å²) in [6.45, 7) is 0. The predicted molar refractivity (Wildman–Crippen MR) is 164 cm³/mol. The number of benzene rings is 6. The quantitative estimate of drug-likeness (QED) is 0.245. The molecule has 3 nitrogen and oxygen atoms in total. The van der Waals surface area contributed by atoms with E-state index >= 15 is 0 Å². The molecule has 0 fully saturated rings. The number of nitrogens with one attached hydrogen (secondary N) is 1. The van der Waals surface area contributed by atoms with E-state index in [1.54, 1.807) is 0 Å². The van der Waals surface area contributed by atoms with Gasteiger partial charge in [-0.25, -0.2) is 0 Å². The normalized spacial score (nSPS) is 11.1. The van der Waals surface area contributed by atoms with E-state index in [9.17, 15) is 0 Å². The van der Waals surface area contributed by atoms with Gasteiger partial charge in [0, 0.05) is 45.3 Å². The second-order valence-electron chi connectivity index (χ2n) is 9.54.